The van der Waals surface area contributed by atoms with Crippen LogP contribution in [-0.2, 0) is 4.84 Å². The summed E-state index contributed by atoms with van der Waals surface area (Å²) < 4.78 is 16.2. The molecule has 0 radical (unpaired) electrons. The van der Waals surface area contributed by atoms with Crippen molar-refractivity contribution in [1.82, 2.24) is 19.9 Å². The lowest BCUT2D eigenvalue weighted by molar-refractivity contribution is 0.230. The molecule has 0 spiro atoms. The maximum absolute atomic E-state index is 6.09. The number of H-pyrrole nitrogens is 1. The Hall–Kier alpha value is -3.75. The molecule has 4 aromatic rings. The van der Waals surface area contributed by atoms with Crippen molar-refractivity contribution in [2.45, 2.75) is 6.04 Å². The summed E-state index contributed by atoms with van der Waals surface area (Å²) >= 11 is 0. The van der Waals surface area contributed by atoms with Crippen LogP contribution >= 0.6 is 0 Å². The van der Waals surface area contributed by atoms with Crippen LogP contribution < -0.4 is 5.06 Å². The molecule has 0 aliphatic carbocycles. The normalized spacial score (nSPS) is 17.3. The molecule has 5 rings (SSSR count). The predicted octanol–water partition coefficient (Wildman–Crippen LogP) is 3.04. The Bertz CT molecular complexity index is 972. The third kappa shape index (κ3) is 2.13. The number of hydrogen-bond donors (Lipinski definition) is 1. The van der Waals surface area contributed by atoms with Gasteiger partial charge in [-0.1, -0.05) is 0 Å². The van der Waals surface area contributed by atoms with Gasteiger partial charge >= 0.3 is 0 Å². The third-order valence-electron chi connectivity index (χ3n) is 3.83. The number of aromatic amines is 1. The molecule has 124 valence electrons. The largest absolute Gasteiger partial charge is 0.451 e. The number of anilines is 1. The van der Waals surface area contributed by atoms with Crippen LogP contribution in [0, 0.1) is 0 Å². The molecule has 0 aromatic carbocycles. The van der Waals surface area contributed by atoms with E-state index >= 15 is 0 Å². The average Bonchev–Trinajstić information content (AvgIpc) is 3.48. The highest BCUT2D eigenvalue weighted by molar-refractivity contribution is 5.91. The van der Waals surface area contributed by atoms with Crippen molar-refractivity contribution in [3.05, 3.63) is 73.5 Å². The molecular formula is C16H11N5O4. The third-order valence-corrected chi connectivity index (χ3v) is 3.83. The molecule has 1 atom stereocenters. The van der Waals surface area contributed by atoms with Crippen LogP contribution in [-0.4, -0.2) is 19.9 Å². The summed E-state index contributed by atoms with van der Waals surface area (Å²) in [5.74, 6) is 1.35. The number of rotatable bonds is 4. The van der Waals surface area contributed by atoms with Gasteiger partial charge in [-0.3, -0.25) is 0 Å². The first kappa shape index (κ1) is 13.7. The maximum Gasteiger partial charge on any atom is 0.265 e. The first-order valence-electron chi connectivity index (χ1n) is 7.43. The van der Waals surface area contributed by atoms with Crippen LogP contribution in [0.15, 0.2) is 69.4 Å². The number of hydrogen-bond acceptors (Lipinski definition) is 8. The van der Waals surface area contributed by atoms with E-state index in [2.05, 4.69) is 19.9 Å². The summed E-state index contributed by atoms with van der Waals surface area (Å²) in [6.07, 6.45) is 12.5. The zero-order valence-corrected chi connectivity index (χ0v) is 12.7. The van der Waals surface area contributed by atoms with Crippen LogP contribution in [0.2, 0.25) is 0 Å². The minimum absolute atomic E-state index is 0.334. The molecule has 1 unspecified atom stereocenters. The van der Waals surface area contributed by atoms with Crippen LogP contribution in [0.1, 0.15) is 23.4 Å². The molecule has 25 heavy (non-hydrogen) atoms. The van der Waals surface area contributed by atoms with Gasteiger partial charge in [0.15, 0.2) is 24.6 Å². The van der Waals surface area contributed by atoms with Gasteiger partial charge < -0.3 is 23.1 Å². The van der Waals surface area contributed by atoms with Gasteiger partial charge in [-0.15, -0.1) is 0 Å². The van der Waals surface area contributed by atoms with E-state index in [9.17, 15) is 0 Å². The van der Waals surface area contributed by atoms with Gasteiger partial charge in [0.2, 0.25) is 5.76 Å². The first-order chi connectivity index (χ1) is 12.4. The second-order valence-corrected chi connectivity index (χ2v) is 5.25. The highest BCUT2D eigenvalue weighted by Crippen LogP contribution is 2.48. The monoisotopic (exact) mass is 337 g/mol. The zero-order chi connectivity index (χ0) is 16.6. The van der Waals surface area contributed by atoms with Crippen molar-refractivity contribution >= 4 is 17.0 Å². The summed E-state index contributed by atoms with van der Waals surface area (Å²) in [6.45, 7) is 0. The molecule has 1 aliphatic heterocycles. The van der Waals surface area contributed by atoms with Crippen molar-refractivity contribution < 1.29 is 18.1 Å². The van der Waals surface area contributed by atoms with Crippen LogP contribution in [0.25, 0.3) is 11.3 Å². The molecule has 9 nitrogen and oxygen atoms in total. The van der Waals surface area contributed by atoms with Gasteiger partial charge in [0.25, 0.3) is 5.89 Å². The number of hydroxylamine groups is 1. The number of oxazole rings is 3. The molecule has 4 aromatic heterocycles. The Balaban J connectivity index is 1.73. The molecule has 0 saturated heterocycles. The lowest BCUT2D eigenvalue weighted by atomic mass is 10.0. The Kier molecular flexibility index (Phi) is 2.96. The van der Waals surface area contributed by atoms with Crippen molar-refractivity contribution in [1.29, 1.82) is 0 Å². The van der Waals surface area contributed by atoms with Crippen LogP contribution in [0.5, 0.6) is 0 Å². The standard InChI is InChI=1S/C16H11N5O4/c1-2-17-5-10(1)21-14(12-6-18-8-24-12)13(11-7-22-9-20-11)15(25-21)16-19-3-4-23-16/h1-9,14,17H. The maximum atomic E-state index is 6.09. The van der Waals surface area contributed by atoms with Crippen LogP contribution in [0.3, 0.4) is 0 Å². The minimum Gasteiger partial charge on any atom is -0.451 e. The summed E-state index contributed by atoms with van der Waals surface area (Å²) in [5, 5.41) is 1.68. The van der Waals surface area contributed by atoms with E-state index in [1.807, 2.05) is 12.3 Å². The van der Waals surface area contributed by atoms with Gasteiger partial charge in [0, 0.05) is 12.4 Å². The van der Waals surface area contributed by atoms with Crippen LogP contribution in [0.4, 0.5) is 5.69 Å². The molecule has 0 amide bonds. The lowest BCUT2D eigenvalue weighted by Crippen LogP contribution is -2.22. The molecule has 0 bridgehead atoms. The number of nitrogens with zero attached hydrogens (tertiary/aromatic N) is 4. The van der Waals surface area contributed by atoms with E-state index < -0.39 is 6.04 Å². The topological polar surface area (TPSA) is 106 Å². The first-order valence-corrected chi connectivity index (χ1v) is 7.43. The fourth-order valence-corrected chi connectivity index (χ4v) is 2.81. The Morgan fingerprint density at radius 2 is 2.16 bits per heavy atom. The molecule has 9 heteroatoms. The molecule has 1 aliphatic rings. The van der Waals surface area contributed by atoms with E-state index in [4.69, 9.17) is 18.1 Å². The summed E-state index contributed by atoms with van der Waals surface area (Å²) in [5.41, 5.74) is 2.09. The second kappa shape index (κ2) is 5.41. The fourth-order valence-electron chi connectivity index (χ4n) is 2.81. The minimum atomic E-state index is -0.440. The van der Waals surface area contributed by atoms with E-state index in [1.165, 1.54) is 25.3 Å². The van der Waals surface area contributed by atoms with Gasteiger partial charge in [0.1, 0.15) is 18.2 Å². The molecule has 5 heterocycles. The fraction of sp³-hybridized carbons (Fsp3) is 0.0625. The molecular weight excluding hydrogens is 326 g/mol. The van der Waals surface area contributed by atoms with Crippen molar-refractivity contribution in [3.8, 4) is 0 Å². The Labute approximate surface area is 140 Å². The van der Waals surface area contributed by atoms with Crippen molar-refractivity contribution in [2.24, 2.45) is 0 Å². The Morgan fingerprint density at radius 1 is 1.16 bits per heavy atom. The Morgan fingerprint density at radius 3 is 2.84 bits per heavy atom. The highest BCUT2D eigenvalue weighted by Gasteiger charge is 2.43. The molecule has 1 N–H and O–H groups in total. The predicted molar refractivity (Wildman–Crippen MR) is 83.4 cm³/mol. The van der Waals surface area contributed by atoms with E-state index in [1.54, 1.807) is 23.7 Å². The smallest absolute Gasteiger partial charge is 0.265 e. The zero-order valence-electron chi connectivity index (χ0n) is 12.7. The molecule has 0 fully saturated rings. The number of nitrogens with one attached hydrogen (secondary N) is 1. The van der Waals surface area contributed by atoms with Gasteiger partial charge in [0.05, 0.1) is 23.7 Å². The van der Waals surface area contributed by atoms with E-state index in [-0.39, 0.29) is 0 Å². The SMILES string of the molecule is c1coc(C2=C(c3cocn3)C(c3cnco3)N(c3cc[nH]c3)O2)n1. The average molecular weight is 337 g/mol. The van der Waals surface area contributed by atoms with Gasteiger partial charge in [-0.25, -0.2) is 15.0 Å². The summed E-state index contributed by atoms with van der Waals surface area (Å²) in [6, 6.07) is 1.44. The summed E-state index contributed by atoms with van der Waals surface area (Å²) in [4.78, 5) is 21.6. The van der Waals surface area contributed by atoms with Gasteiger partial charge in [-0.05, 0) is 6.07 Å². The van der Waals surface area contributed by atoms with E-state index in [0.29, 0.717) is 28.7 Å². The summed E-state index contributed by atoms with van der Waals surface area (Å²) in [7, 11) is 0. The number of aromatic nitrogens is 4. The van der Waals surface area contributed by atoms with Crippen molar-refractivity contribution in [3.63, 3.8) is 0 Å². The quantitative estimate of drug-likeness (QED) is 0.605. The van der Waals surface area contributed by atoms with E-state index in [0.717, 1.165) is 5.69 Å². The highest BCUT2D eigenvalue weighted by atomic mass is 16.7. The van der Waals surface area contributed by atoms with Crippen molar-refractivity contribution in [2.75, 3.05) is 5.06 Å². The second-order valence-electron chi connectivity index (χ2n) is 5.25. The lowest BCUT2D eigenvalue weighted by Gasteiger charge is -2.22. The van der Waals surface area contributed by atoms with Gasteiger partial charge in [-0.2, -0.15) is 5.06 Å². The molecule has 0 saturated carbocycles.